The van der Waals surface area contributed by atoms with Crippen molar-refractivity contribution in [3.05, 3.63) is 42.0 Å². The molecule has 15 heavy (non-hydrogen) atoms. The van der Waals surface area contributed by atoms with Crippen LogP contribution in [0.15, 0.2) is 36.4 Å². The van der Waals surface area contributed by atoms with E-state index in [1.165, 1.54) is 29.7 Å². The average molecular weight is 203 g/mol. The van der Waals surface area contributed by atoms with Gasteiger partial charge in [0.2, 0.25) is 0 Å². The summed E-state index contributed by atoms with van der Waals surface area (Å²) in [5, 5.41) is 3.42. The standard InChI is InChI=1S/C14H21N/c1-12(2)6-4-5-11-15-14-9-7-13(3)8-10-14/h7-10,15H,1,4-6,11H2,2-3H3. The molecule has 0 aliphatic rings. The molecule has 0 aliphatic heterocycles. The highest BCUT2D eigenvalue weighted by atomic mass is 14.9. The number of rotatable bonds is 6. The minimum absolute atomic E-state index is 1.05. The van der Waals surface area contributed by atoms with Crippen molar-refractivity contribution in [3.63, 3.8) is 0 Å². The Balaban J connectivity index is 2.15. The van der Waals surface area contributed by atoms with E-state index in [9.17, 15) is 0 Å². The van der Waals surface area contributed by atoms with Crippen LogP contribution < -0.4 is 5.32 Å². The minimum Gasteiger partial charge on any atom is -0.385 e. The predicted molar refractivity (Wildman–Crippen MR) is 68.3 cm³/mol. The van der Waals surface area contributed by atoms with Crippen molar-refractivity contribution in [1.29, 1.82) is 0 Å². The van der Waals surface area contributed by atoms with E-state index >= 15 is 0 Å². The SMILES string of the molecule is C=C(C)CCCCNc1ccc(C)cc1. The lowest BCUT2D eigenvalue weighted by Gasteiger charge is -2.06. The molecule has 1 N–H and O–H groups in total. The van der Waals surface area contributed by atoms with Crippen molar-refractivity contribution in [2.24, 2.45) is 0 Å². The van der Waals surface area contributed by atoms with Gasteiger partial charge in [0.15, 0.2) is 0 Å². The van der Waals surface area contributed by atoms with Crippen molar-refractivity contribution >= 4 is 5.69 Å². The Hall–Kier alpha value is -1.24. The maximum absolute atomic E-state index is 3.90. The Bertz CT molecular complexity index is 298. The molecule has 0 spiro atoms. The number of hydrogen-bond donors (Lipinski definition) is 1. The molecule has 0 radical (unpaired) electrons. The van der Waals surface area contributed by atoms with E-state index in [1.54, 1.807) is 0 Å². The molecule has 1 aromatic rings. The van der Waals surface area contributed by atoms with Crippen LogP contribution in [0.2, 0.25) is 0 Å². The monoisotopic (exact) mass is 203 g/mol. The Kier molecular flexibility index (Phi) is 4.96. The molecule has 0 saturated heterocycles. The van der Waals surface area contributed by atoms with E-state index < -0.39 is 0 Å². The number of aryl methyl sites for hydroxylation is 1. The number of anilines is 1. The van der Waals surface area contributed by atoms with Gasteiger partial charge in [-0.05, 0) is 45.2 Å². The summed E-state index contributed by atoms with van der Waals surface area (Å²) in [7, 11) is 0. The van der Waals surface area contributed by atoms with Crippen LogP contribution >= 0.6 is 0 Å². The molecule has 0 aliphatic carbocycles. The molecule has 0 atom stereocenters. The third-order valence-electron chi connectivity index (χ3n) is 2.41. The maximum Gasteiger partial charge on any atom is 0.0340 e. The van der Waals surface area contributed by atoms with Gasteiger partial charge in [-0.15, -0.1) is 6.58 Å². The fraction of sp³-hybridized carbons (Fsp3) is 0.429. The predicted octanol–water partition coefficient (Wildman–Crippen LogP) is 4.15. The Morgan fingerprint density at radius 2 is 1.87 bits per heavy atom. The highest BCUT2D eigenvalue weighted by Gasteiger charge is 1.92. The average Bonchev–Trinajstić information content (AvgIpc) is 2.20. The molecule has 1 nitrogen and oxygen atoms in total. The summed E-state index contributed by atoms with van der Waals surface area (Å²) < 4.78 is 0. The first kappa shape index (κ1) is 11.8. The largest absolute Gasteiger partial charge is 0.385 e. The van der Waals surface area contributed by atoms with Gasteiger partial charge in [-0.25, -0.2) is 0 Å². The van der Waals surface area contributed by atoms with Crippen LogP contribution in [0.1, 0.15) is 31.7 Å². The molecule has 0 fully saturated rings. The molecule has 0 bridgehead atoms. The van der Waals surface area contributed by atoms with E-state index in [0.717, 1.165) is 13.0 Å². The second kappa shape index (κ2) is 6.28. The van der Waals surface area contributed by atoms with Gasteiger partial charge in [0.25, 0.3) is 0 Å². The molecule has 0 heterocycles. The first-order valence-corrected chi connectivity index (χ1v) is 5.63. The summed E-state index contributed by atoms with van der Waals surface area (Å²) in [4.78, 5) is 0. The molecular formula is C14H21N. The van der Waals surface area contributed by atoms with Gasteiger partial charge in [-0.3, -0.25) is 0 Å². The lowest BCUT2D eigenvalue weighted by atomic mass is 10.1. The Labute approximate surface area is 93.2 Å². The lowest BCUT2D eigenvalue weighted by Crippen LogP contribution is -2.01. The van der Waals surface area contributed by atoms with Crippen molar-refractivity contribution in [2.75, 3.05) is 11.9 Å². The summed E-state index contributed by atoms with van der Waals surface area (Å²) in [5.41, 5.74) is 3.81. The molecule has 0 unspecified atom stereocenters. The lowest BCUT2D eigenvalue weighted by molar-refractivity contribution is 0.759. The van der Waals surface area contributed by atoms with Crippen LogP contribution in [0.4, 0.5) is 5.69 Å². The molecular weight excluding hydrogens is 182 g/mol. The Morgan fingerprint density at radius 1 is 1.20 bits per heavy atom. The van der Waals surface area contributed by atoms with Gasteiger partial charge >= 0.3 is 0 Å². The van der Waals surface area contributed by atoms with Gasteiger partial charge < -0.3 is 5.32 Å². The van der Waals surface area contributed by atoms with Crippen LogP contribution in [-0.4, -0.2) is 6.54 Å². The third-order valence-corrected chi connectivity index (χ3v) is 2.41. The van der Waals surface area contributed by atoms with Crippen LogP contribution in [-0.2, 0) is 0 Å². The number of nitrogens with one attached hydrogen (secondary N) is 1. The number of allylic oxidation sites excluding steroid dienone is 1. The van der Waals surface area contributed by atoms with Crippen molar-refractivity contribution in [1.82, 2.24) is 0 Å². The quantitative estimate of drug-likeness (QED) is 0.541. The van der Waals surface area contributed by atoms with E-state index in [4.69, 9.17) is 0 Å². The molecule has 1 heteroatoms. The normalized spacial score (nSPS) is 10.0. The van der Waals surface area contributed by atoms with E-state index in [1.807, 2.05) is 0 Å². The highest BCUT2D eigenvalue weighted by Crippen LogP contribution is 2.09. The molecule has 1 rings (SSSR count). The van der Waals surface area contributed by atoms with Gasteiger partial charge in [-0.1, -0.05) is 23.3 Å². The molecule has 82 valence electrons. The number of hydrogen-bond acceptors (Lipinski definition) is 1. The van der Waals surface area contributed by atoms with Crippen LogP contribution in [0, 0.1) is 6.92 Å². The minimum atomic E-state index is 1.05. The topological polar surface area (TPSA) is 12.0 Å². The first-order chi connectivity index (χ1) is 7.18. The summed E-state index contributed by atoms with van der Waals surface area (Å²) in [6, 6.07) is 8.54. The van der Waals surface area contributed by atoms with Gasteiger partial charge in [0.05, 0.1) is 0 Å². The van der Waals surface area contributed by atoms with E-state index in [0.29, 0.717) is 0 Å². The maximum atomic E-state index is 3.90. The first-order valence-electron chi connectivity index (χ1n) is 5.63. The van der Waals surface area contributed by atoms with Crippen LogP contribution in [0.5, 0.6) is 0 Å². The number of benzene rings is 1. The summed E-state index contributed by atoms with van der Waals surface area (Å²) in [6.07, 6.45) is 3.59. The van der Waals surface area contributed by atoms with E-state index in [2.05, 4.69) is 50.0 Å². The fourth-order valence-electron chi connectivity index (χ4n) is 1.46. The van der Waals surface area contributed by atoms with Gasteiger partial charge in [0.1, 0.15) is 0 Å². The summed E-state index contributed by atoms with van der Waals surface area (Å²) in [6.45, 7) is 9.15. The zero-order chi connectivity index (χ0) is 11.1. The van der Waals surface area contributed by atoms with Gasteiger partial charge in [-0.2, -0.15) is 0 Å². The van der Waals surface area contributed by atoms with E-state index in [-0.39, 0.29) is 0 Å². The molecule has 0 saturated carbocycles. The second-order valence-electron chi connectivity index (χ2n) is 4.21. The van der Waals surface area contributed by atoms with Crippen LogP contribution in [0.25, 0.3) is 0 Å². The fourth-order valence-corrected chi connectivity index (χ4v) is 1.46. The summed E-state index contributed by atoms with van der Waals surface area (Å²) in [5.74, 6) is 0. The Morgan fingerprint density at radius 3 is 2.47 bits per heavy atom. The van der Waals surface area contributed by atoms with Crippen molar-refractivity contribution in [3.8, 4) is 0 Å². The summed E-state index contributed by atoms with van der Waals surface area (Å²) >= 11 is 0. The second-order valence-corrected chi connectivity index (χ2v) is 4.21. The number of unbranched alkanes of at least 4 members (excludes halogenated alkanes) is 1. The smallest absolute Gasteiger partial charge is 0.0340 e. The van der Waals surface area contributed by atoms with Crippen molar-refractivity contribution < 1.29 is 0 Å². The third kappa shape index (κ3) is 5.26. The van der Waals surface area contributed by atoms with Crippen molar-refractivity contribution in [2.45, 2.75) is 33.1 Å². The van der Waals surface area contributed by atoms with Gasteiger partial charge in [0, 0.05) is 12.2 Å². The highest BCUT2D eigenvalue weighted by molar-refractivity contribution is 5.44. The zero-order valence-electron chi connectivity index (χ0n) is 9.84. The molecule has 1 aromatic carbocycles. The molecule has 0 amide bonds. The molecule has 0 aromatic heterocycles. The van der Waals surface area contributed by atoms with Crippen LogP contribution in [0.3, 0.4) is 0 Å². The zero-order valence-corrected chi connectivity index (χ0v) is 9.84.